The standard InChI is InChI=1S/C33H39N3O8/c1-4-6-15-42-18-23(38)20-44-26-12-14-28(30(40)17-26)33-35-31(21-7-9-24(41-3)10-8-21)34-32(36-33)27-13-11-25(16-29(27)39)43-19-22(37)5-2/h7-14,16-17,22-23,37-40H,4-6,15,18-20H2,1-3H3. The molecule has 234 valence electrons. The van der Waals surface area contributed by atoms with E-state index >= 15 is 0 Å². The van der Waals surface area contributed by atoms with Gasteiger partial charge in [-0.15, -0.1) is 0 Å². The average Bonchev–Trinajstić information content (AvgIpc) is 3.04. The Morgan fingerprint density at radius 1 is 0.659 bits per heavy atom. The fourth-order valence-electron chi connectivity index (χ4n) is 4.08. The van der Waals surface area contributed by atoms with E-state index in [0.717, 1.165) is 12.8 Å². The van der Waals surface area contributed by atoms with Crippen molar-refractivity contribution in [3.05, 3.63) is 60.7 Å². The average molecular weight is 606 g/mol. The maximum Gasteiger partial charge on any atom is 0.167 e. The molecule has 11 heteroatoms. The van der Waals surface area contributed by atoms with Gasteiger partial charge in [-0.25, -0.2) is 15.0 Å². The fraction of sp³-hybridized carbons (Fsp3) is 0.364. The molecular weight excluding hydrogens is 566 g/mol. The molecule has 4 N–H and O–H groups in total. The Hall–Kier alpha value is -4.45. The molecule has 0 radical (unpaired) electrons. The number of rotatable bonds is 16. The smallest absolute Gasteiger partial charge is 0.167 e. The number of aromatic hydroxyl groups is 2. The van der Waals surface area contributed by atoms with Gasteiger partial charge in [0.05, 0.1) is 30.9 Å². The first kappa shape index (κ1) is 32.5. The Morgan fingerprint density at radius 2 is 1.18 bits per heavy atom. The van der Waals surface area contributed by atoms with Crippen LogP contribution in [0.25, 0.3) is 34.2 Å². The third-order valence-electron chi connectivity index (χ3n) is 6.71. The molecular formula is C33H39N3O8. The summed E-state index contributed by atoms with van der Waals surface area (Å²) in [6.45, 7) is 4.74. The molecule has 2 unspecified atom stereocenters. The van der Waals surface area contributed by atoms with Gasteiger partial charge in [0.25, 0.3) is 0 Å². The molecule has 1 heterocycles. The molecule has 0 fully saturated rings. The van der Waals surface area contributed by atoms with Crippen molar-refractivity contribution >= 4 is 0 Å². The first-order valence-corrected chi connectivity index (χ1v) is 14.6. The Bertz CT molecular complexity index is 1500. The summed E-state index contributed by atoms with van der Waals surface area (Å²) in [4.78, 5) is 13.8. The maximum absolute atomic E-state index is 10.9. The SMILES string of the molecule is CCCCOCC(O)COc1ccc(-c2nc(-c3ccc(OC)cc3)nc(-c3ccc(OCC(O)CC)cc3O)n2)c(O)c1. The lowest BCUT2D eigenvalue weighted by Crippen LogP contribution is -2.23. The van der Waals surface area contributed by atoms with Gasteiger partial charge in [-0.3, -0.25) is 0 Å². The van der Waals surface area contributed by atoms with E-state index in [-0.39, 0.29) is 43.0 Å². The number of phenolic OH excluding ortho intramolecular Hbond substituents is 2. The van der Waals surface area contributed by atoms with Crippen LogP contribution < -0.4 is 14.2 Å². The van der Waals surface area contributed by atoms with Crippen molar-refractivity contribution in [2.75, 3.05) is 33.5 Å². The minimum atomic E-state index is -0.812. The van der Waals surface area contributed by atoms with E-state index < -0.39 is 12.2 Å². The number of ether oxygens (including phenoxy) is 4. The van der Waals surface area contributed by atoms with E-state index in [0.29, 0.717) is 52.8 Å². The predicted molar refractivity (Wildman–Crippen MR) is 165 cm³/mol. The Morgan fingerprint density at radius 3 is 1.68 bits per heavy atom. The Kier molecular flexibility index (Phi) is 11.7. The van der Waals surface area contributed by atoms with Gasteiger partial charge >= 0.3 is 0 Å². The van der Waals surface area contributed by atoms with E-state index in [1.54, 1.807) is 55.6 Å². The lowest BCUT2D eigenvalue weighted by molar-refractivity contribution is 0.0113. The number of nitrogens with zero attached hydrogens (tertiary/aromatic N) is 3. The van der Waals surface area contributed by atoms with Crippen molar-refractivity contribution in [2.45, 2.75) is 45.3 Å². The first-order chi connectivity index (χ1) is 21.3. The van der Waals surface area contributed by atoms with Gasteiger partial charge in [0.2, 0.25) is 0 Å². The van der Waals surface area contributed by atoms with Crippen LogP contribution in [0.4, 0.5) is 0 Å². The lowest BCUT2D eigenvalue weighted by Gasteiger charge is -2.14. The van der Waals surface area contributed by atoms with E-state index in [1.807, 2.05) is 6.92 Å². The maximum atomic E-state index is 10.9. The molecule has 2 atom stereocenters. The minimum Gasteiger partial charge on any atom is -0.507 e. The third kappa shape index (κ3) is 8.79. The highest BCUT2D eigenvalue weighted by Crippen LogP contribution is 2.36. The topological polar surface area (TPSA) is 157 Å². The van der Waals surface area contributed by atoms with E-state index in [2.05, 4.69) is 21.9 Å². The molecule has 0 aliphatic rings. The van der Waals surface area contributed by atoms with E-state index in [9.17, 15) is 20.4 Å². The summed E-state index contributed by atoms with van der Waals surface area (Å²) in [5.41, 5.74) is 1.30. The Balaban J connectivity index is 1.63. The molecule has 4 rings (SSSR count). The summed E-state index contributed by atoms with van der Waals surface area (Å²) in [5, 5.41) is 41.8. The number of phenols is 2. The molecule has 0 saturated heterocycles. The van der Waals surface area contributed by atoms with Crippen LogP contribution >= 0.6 is 0 Å². The lowest BCUT2D eigenvalue weighted by atomic mass is 10.1. The zero-order valence-electron chi connectivity index (χ0n) is 25.1. The summed E-state index contributed by atoms with van der Waals surface area (Å²) in [6, 6.07) is 16.5. The Labute approximate surface area is 256 Å². The van der Waals surface area contributed by atoms with Crippen LogP contribution in [0.2, 0.25) is 0 Å². The van der Waals surface area contributed by atoms with Gasteiger partial charge < -0.3 is 39.4 Å². The molecule has 0 bridgehead atoms. The fourth-order valence-corrected chi connectivity index (χ4v) is 4.08. The number of methoxy groups -OCH3 is 1. The molecule has 1 aromatic heterocycles. The third-order valence-corrected chi connectivity index (χ3v) is 6.71. The molecule has 4 aromatic rings. The van der Waals surface area contributed by atoms with Crippen LogP contribution in [0.15, 0.2) is 60.7 Å². The van der Waals surface area contributed by atoms with Crippen LogP contribution in [0, 0.1) is 0 Å². The summed E-state index contributed by atoms with van der Waals surface area (Å²) in [6.07, 6.45) is 1.05. The van der Waals surface area contributed by atoms with Gasteiger partial charge in [0.1, 0.15) is 48.1 Å². The number of hydrogen-bond acceptors (Lipinski definition) is 11. The number of unbranched alkanes of at least 4 members (excludes halogenated alkanes) is 1. The van der Waals surface area contributed by atoms with Crippen LogP contribution in [-0.2, 0) is 4.74 Å². The van der Waals surface area contributed by atoms with Gasteiger partial charge in [0.15, 0.2) is 17.5 Å². The zero-order chi connectivity index (χ0) is 31.5. The zero-order valence-corrected chi connectivity index (χ0v) is 25.1. The highest BCUT2D eigenvalue weighted by molar-refractivity contribution is 5.72. The van der Waals surface area contributed by atoms with Gasteiger partial charge in [-0.1, -0.05) is 20.3 Å². The largest absolute Gasteiger partial charge is 0.507 e. The highest BCUT2D eigenvalue weighted by atomic mass is 16.5. The van der Waals surface area contributed by atoms with Crippen molar-refractivity contribution in [3.63, 3.8) is 0 Å². The molecule has 0 aliphatic carbocycles. The minimum absolute atomic E-state index is 0.00116. The molecule has 0 amide bonds. The second-order valence-electron chi connectivity index (χ2n) is 10.2. The molecule has 44 heavy (non-hydrogen) atoms. The van der Waals surface area contributed by atoms with Crippen LogP contribution in [0.1, 0.15) is 33.1 Å². The summed E-state index contributed by atoms with van der Waals surface area (Å²) in [5.74, 6) is 1.77. The van der Waals surface area contributed by atoms with Crippen LogP contribution in [0.3, 0.4) is 0 Å². The van der Waals surface area contributed by atoms with Crippen molar-refractivity contribution in [2.24, 2.45) is 0 Å². The molecule has 0 spiro atoms. The monoisotopic (exact) mass is 605 g/mol. The number of aliphatic hydroxyl groups excluding tert-OH is 2. The van der Waals surface area contributed by atoms with Crippen molar-refractivity contribution in [1.29, 1.82) is 0 Å². The number of benzene rings is 3. The quantitative estimate of drug-likeness (QED) is 0.127. The van der Waals surface area contributed by atoms with Crippen LogP contribution in [-0.4, -0.2) is 81.1 Å². The second-order valence-corrected chi connectivity index (χ2v) is 10.2. The van der Waals surface area contributed by atoms with Crippen molar-refractivity contribution < 1.29 is 39.4 Å². The normalized spacial score (nSPS) is 12.5. The van der Waals surface area contributed by atoms with Crippen LogP contribution in [0.5, 0.6) is 28.7 Å². The molecule has 0 saturated carbocycles. The summed E-state index contributed by atoms with van der Waals surface area (Å²) < 4.78 is 21.9. The van der Waals surface area contributed by atoms with Crippen molar-refractivity contribution in [1.82, 2.24) is 15.0 Å². The number of aliphatic hydroxyl groups is 2. The van der Waals surface area contributed by atoms with Gasteiger partial charge in [0, 0.05) is 24.3 Å². The predicted octanol–water partition coefficient (Wildman–Crippen LogP) is 5.00. The molecule has 11 nitrogen and oxygen atoms in total. The number of aromatic nitrogens is 3. The van der Waals surface area contributed by atoms with E-state index in [4.69, 9.17) is 18.9 Å². The second kappa shape index (κ2) is 15.9. The molecule has 0 aliphatic heterocycles. The summed E-state index contributed by atoms with van der Waals surface area (Å²) >= 11 is 0. The molecule has 3 aromatic carbocycles. The van der Waals surface area contributed by atoms with E-state index in [1.165, 1.54) is 12.1 Å². The van der Waals surface area contributed by atoms with Gasteiger partial charge in [-0.05, 0) is 61.4 Å². The summed E-state index contributed by atoms with van der Waals surface area (Å²) in [7, 11) is 1.57. The highest BCUT2D eigenvalue weighted by Gasteiger charge is 2.18. The van der Waals surface area contributed by atoms with Crippen molar-refractivity contribution in [3.8, 4) is 62.9 Å². The van der Waals surface area contributed by atoms with Gasteiger partial charge in [-0.2, -0.15) is 0 Å². The number of hydrogen-bond donors (Lipinski definition) is 4. The first-order valence-electron chi connectivity index (χ1n) is 14.6.